The lowest BCUT2D eigenvalue weighted by atomic mass is 10.00. The molecule has 0 amide bonds. The first-order valence-electron chi connectivity index (χ1n) is 15.4. The average Bonchev–Trinajstić information content (AvgIpc) is 3.54. The van der Waals surface area contributed by atoms with Crippen molar-refractivity contribution >= 4 is 33.0 Å². The fraction of sp³-hybridized carbons (Fsp3) is 0. The van der Waals surface area contributed by atoms with Gasteiger partial charge in [0.2, 0.25) is 0 Å². The van der Waals surface area contributed by atoms with E-state index < -0.39 is 0 Å². The van der Waals surface area contributed by atoms with E-state index in [0.29, 0.717) is 17.5 Å². The van der Waals surface area contributed by atoms with Crippen molar-refractivity contribution in [3.8, 4) is 56.5 Å². The molecule has 9 rings (SSSR count). The number of furan rings is 1. The Morgan fingerprint density at radius 1 is 0.426 bits per heavy atom. The molecule has 4 aromatic heterocycles. The minimum Gasteiger partial charge on any atom is -0.454 e. The van der Waals surface area contributed by atoms with Crippen LogP contribution in [-0.2, 0) is 0 Å². The first kappa shape index (κ1) is 26.8. The van der Waals surface area contributed by atoms with E-state index in [0.717, 1.165) is 72.0 Å². The van der Waals surface area contributed by atoms with Gasteiger partial charge < -0.3 is 4.42 Å². The molecule has 47 heavy (non-hydrogen) atoms. The van der Waals surface area contributed by atoms with Gasteiger partial charge in [-0.05, 0) is 53.6 Å². The van der Waals surface area contributed by atoms with Crippen molar-refractivity contribution in [1.82, 2.24) is 24.9 Å². The molecule has 9 aromatic rings. The van der Waals surface area contributed by atoms with Gasteiger partial charge in [0.1, 0.15) is 11.1 Å². The molecule has 0 bridgehead atoms. The van der Waals surface area contributed by atoms with Crippen molar-refractivity contribution in [1.29, 1.82) is 0 Å². The van der Waals surface area contributed by atoms with Crippen LogP contribution in [0.2, 0.25) is 0 Å². The van der Waals surface area contributed by atoms with Gasteiger partial charge in [0.05, 0.1) is 16.6 Å². The van der Waals surface area contributed by atoms with Crippen LogP contribution >= 0.6 is 0 Å². The lowest BCUT2D eigenvalue weighted by Gasteiger charge is -2.10. The predicted molar refractivity (Wildman–Crippen MR) is 187 cm³/mol. The predicted octanol–water partition coefficient (Wildman–Crippen LogP) is 10.0. The Hall–Kier alpha value is -6.53. The van der Waals surface area contributed by atoms with Gasteiger partial charge >= 0.3 is 0 Å². The van der Waals surface area contributed by atoms with Crippen molar-refractivity contribution in [2.24, 2.45) is 0 Å². The zero-order chi connectivity index (χ0) is 31.2. The molecule has 0 aliphatic heterocycles. The molecule has 0 aliphatic carbocycles. The van der Waals surface area contributed by atoms with Gasteiger partial charge in [-0.1, -0.05) is 103 Å². The average molecular weight is 604 g/mol. The van der Waals surface area contributed by atoms with Crippen LogP contribution in [0.3, 0.4) is 0 Å². The highest BCUT2D eigenvalue weighted by Gasteiger charge is 2.16. The smallest absolute Gasteiger partial charge is 0.164 e. The molecule has 0 aliphatic rings. The van der Waals surface area contributed by atoms with Crippen molar-refractivity contribution in [3.05, 3.63) is 152 Å². The zero-order valence-electron chi connectivity index (χ0n) is 25.1. The molecule has 0 radical (unpaired) electrons. The Kier molecular flexibility index (Phi) is 6.35. The quantitative estimate of drug-likeness (QED) is 0.195. The molecule has 0 spiro atoms. The van der Waals surface area contributed by atoms with E-state index in [1.165, 1.54) is 0 Å². The molecule has 6 heteroatoms. The Bertz CT molecular complexity index is 2520. The molecule has 220 valence electrons. The Morgan fingerprint density at radius 2 is 1.06 bits per heavy atom. The third-order valence-electron chi connectivity index (χ3n) is 8.37. The van der Waals surface area contributed by atoms with Gasteiger partial charge in [-0.3, -0.25) is 4.98 Å². The molecule has 5 aromatic carbocycles. The number of benzene rings is 5. The fourth-order valence-electron chi connectivity index (χ4n) is 6.08. The maximum Gasteiger partial charge on any atom is 0.164 e. The van der Waals surface area contributed by atoms with Gasteiger partial charge in [-0.15, -0.1) is 0 Å². The van der Waals surface area contributed by atoms with Crippen LogP contribution in [0, 0.1) is 0 Å². The number of hydrogen-bond donors (Lipinski definition) is 0. The number of fused-ring (bicyclic) bond motifs is 4. The highest BCUT2D eigenvalue weighted by atomic mass is 16.3. The number of hydrogen-bond acceptors (Lipinski definition) is 6. The monoisotopic (exact) mass is 603 g/mol. The SMILES string of the molecule is c1ccc(-c2nc(-c3ccccc3)nc(-c3cccc(-c4ccc5nc(-c6cccc7oc8cccnc8c67)ccc5c4)c3)n2)cc1. The lowest BCUT2D eigenvalue weighted by molar-refractivity contribution is 0.668. The van der Waals surface area contributed by atoms with Gasteiger partial charge in [0, 0.05) is 33.8 Å². The summed E-state index contributed by atoms with van der Waals surface area (Å²) in [7, 11) is 0. The first-order chi connectivity index (χ1) is 23.3. The van der Waals surface area contributed by atoms with Crippen molar-refractivity contribution < 1.29 is 4.42 Å². The molecule has 0 unspecified atom stereocenters. The highest BCUT2D eigenvalue weighted by Crippen LogP contribution is 2.36. The van der Waals surface area contributed by atoms with Crippen molar-refractivity contribution in [2.45, 2.75) is 0 Å². The van der Waals surface area contributed by atoms with Crippen molar-refractivity contribution in [2.75, 3.05) is 0 Å². The fourth-order valence-corrected chi connectivity index (χ4v) is 6.08. The summed E-state index contributed by atoms with van der Waals surface area (Å²) in [6.07, 6.45) is 1.80. The summed E-state index contributed by atoms with van der Waals surface area (Å²) >= 11 is 0. The zero-order valence-corrected chi connectivity index (χ0v) is 25.1. The van der Waals surface area contributed by atoms with Crippen molar-refractivity contribution in [3.63, 3.8) is 0 Å². The number of aromatic nitrogens is 5. The Morgan fingerprint density at radius 3 is 1.83 bits per heavy atom. The highest BCUT2D eigenvalue weighted by molar-refractivity contribution is 6.10. The number of rotatable bonds is 5. The van der Waals surface area contributed by atoms with Crippen LogP contribution in [0.15, 0.2) is 156 Å². The van der Waals surface area contributed by atoms with E-state index in [1.807, 2.05) is 97.1 Å². The molecule has 0 saturated carbocycles. The molecule has 0 N–H and O–H groups in total. The van der Waals surface area contributed by atoms with E-state index >= 15 is 0 Å². The van der Waals surface area contributed by atoms with E-state index in [-0.39, 0.29) is 0 Å². The van der Waals surface area contributed by atoms with Crippen LogP contribution in [0.4, 0.5) is 0 Å². The summed E-state index contributed by atoms with van der Waals surface area (Å²) in [5.41, 5.74) is 10.2. The number of pyridine rings is 2. The third kappa shape index (κ3) is 4.89. The summed E-state index contributed by atoms with van der Waals surface area (Å²) < 4.78 is 6.06. The van der Waals surface area contributed by atoms with Gasteiger partial charge in [-0.25, -0.2) is 19.9 Å². The Labute approximate surface area is 270 Å². The second-order valence-electron chi connectivity index (χ2n) is 11.4. The molecule has 6 nitrogen and oxygen atoms in total. The van der Waals surface area contributed by atoms with E-state index in [9.17, 15) is 0 Å². The summed E-state index contributed by atoms with van der Waals surface area (Å²) in [4.78, 5) is 24.3. The molecular weight excluding hydrogens is 578 g/mol. The molecule has 4 heterocycles. The van der Waals surface area contributed by atoms with Crippen LogP contribution in [0.1, 0.15) is 0 Å². The molecule has 0 atom stereocenters. The van der Waals surface area contributed by atoms with E-state index in [4.69, 9.17) is 24.4 Å². The topological polar surface area (TPSA) is 77.6 Å². The number of nitrogens with zero attached hydrogens (tertiary/aromatic N) is 5. The minimum absolute atomic E-state index is 0.627. The second kappa shape index (κ2) is 11.1. The van der Waals surface area contributed by atoms with Gasteiger partial charge in [-0.2, -0.15) is 0 Å². The van der Waals surface area contributed by atoms with Crippen LogP contribution < -0.4 is 0 Å². The standard InChI is InChI=1S/C41H25N5O/c1-3-10-26(11-4-1)39-44-40(27-12-5-2-6-13-27)46-41(45-39)31-15-7-14-28(25-31)29-19-21-33-30(24-29)20-22-34(43-33)32-16-8-17-35-37(32)38-36(47-35)18-9-23-42-38/h1-25H. The Balaban J connectivity index is 1.10. The minimum atomic E-state index is 0.627. The molecule has 0 saturated heterocycles. The first-order valence-corrected chi connectivity index (χ1v) is 15.4. The summed E-state index contributed by atoms with van der Waals surface area (Å²) in [5, 5.41) is 2.03. The van der Waals surface area contributed by atoms with Crippen LogP contribution in [-0.4, -0.2) is 24.9 Å². The summed E-state index contributed by atoms with van der Waals surface area (Å²) in [6.45, 7) is 0. The molecular formula is C41H25N5O. The van der Waals surface area contributed by atoms with E-state index in [1.54, 1.807) is 6.20 Å². The van der Waals surface area contributed by atoms with Gasteiger partial charge in [0.25, 0.3) is 0 Å². The molecule has 0 fully saturated rings. The summed E-state index contributed by atoms with van der Waals surface area (Å²) in [6, 6.07) is 48.9. The van der Waals surface area contributed by atoms with Gasteiger partial charge in [0.15, 0.2) is 23.1 Å². The van der Waals surface area contributed by atoms with Crippen LogP contribution in [0.5, 0.6) is 0 Å². The second-order valence-corrected chi connectivity index (χ2v) is 11.4. The lowest BCUT2D eigenvalue weighted by Crippen LogP contribution is -2.00. The normalized spacial score (nSPS) is 11.4. The third-order valence-corrected chi connectivity index (χ3v) is 8.37. The van der Waals surface area contributed by atoms with E-state index in [2.05, 4.69) is 53.5 Å². The summed E-state index contributed by atoms with van der Waals surface area (Å²) in [5.74, 6) is 1.91. The largest absolute Gasteiger partial charge is 0.454 e. The maximum absolute atomic E-state index is 6.06. The van der Waals surface area contributed by atoms with Crippen LogP contribution in [0.25, 0.3) is 89.5 Å². The maximum atomic E-state index is 6.06.